The molecule has 3 N–H and O–H groups in total. The Labute approximate surface area is 669 Å². The number of carboxylic acid groups (broad SMARTS) is 3. The molecule has 0 saturated heterocycles. The summed E-state index contributed by atoms with van der Waals surface area (Å²) in [6.07, 6.45) is 91.7. The standard InChI is InChI=1S/C98H182O10/c1-6-11-16-21-26-31-36-41-46-51-56-61-66-71-76-81-86-97(95(103)104,87-82-77-72-67-62-57-52-47-42-37-32-27-22-17-12-7-2)98(96(105)106,88-83-78-73-68-63-58-53-48-43-38-33-28-23-18-13-8-3)93(94(101)102)90(108-92(100)85-80-75-70-65-60-55-50-45-40-35-30-25-20-15-10-5)89-107-91(99)84-79-74-69-64-59-54-49-44-39-34-29-24-19-14-9-4/h41-43,46-48,90,93H,6-40,44-45,49-89H2,1-5H3,(H,101,102)(H,103,104)(H,105,106)/b46-41-,47-42-,48-43-. The second-order valence-corrected chi connectivity index (χ2v) is 33.7. The molecule has 0 aliphatic heterocycles. The first-order chi connectivity index (χ1) is 52.9. The number of carbonyl (C=O) groups excluding carboxylic acids is 2. The van der Waals surface area contributed by atoms with Crippen molar-refractivity contribution in [3.05, 3.63) is 36.5 Å². The lowest BCUT2D eigenvalue weighted by Crippen LogP contribution is -2.62. The maximum absolute atomic E-state index is 15.2. The van der Waals surface area contributed by atoms with Crippen molar-refractivity contribution in [2.24, 2.45) is 16.7 Å². The van der Waals surface area contributed by atoms with Crippen LogP contribution in [0.2, 0.25) is 0 Å². The van der Waals surface area contributed by atoms with Crippen molar-refractivity contribution in [2.45, 2.75) is 535 Å². The smallest absolute Gasteiger partial charge is 0.311 e. The summed E-state index contributed by atoms with van der Waals surface area (Å²) in [6.45, 7) is 10.6. The van der Waals surface area contributed by atoms with E-state index in [1.165, 1.54) is 250 Å². The van der Waals surface area contributed by atoms with Gasteiger partial charge in [-0.05, 0) is 109 Å². The summed E-state index contributed by atoms with van der Waals surface area (Å²) < 4.78 is 12.4. The van der Waals surface area contributed by atoms with Crippen LogP contribution < -0.4 is 0 Å². The van der Waals surface area contributed by atoms with E-state index in [4.69, 9.17) is 9.47 Å². The van der Waals surface area contributed by atoms with Crippen molar-refractivity contribution in [2.75, 3.05) is 6.61 Å². The summed E-state index contributed by atoms with van der Waals surface area (Å²) in [5.41, 5.74) is -4.46. The third-order valence-corrected chi connectivity index (χ3v) is 23.8. The Kier molecular flexibility index (Phi) is 79.0. The zero-order chi connectivity index (χ0) is 78.9. The zero-order valence-electron chi connectivity index (χ0n) is 72.5. The minimum absolute atomic E-state index is 0.00180. The summed E-state index contributed by atoms with van der Waals surface area (Å²) in [4.78, 5) is 73.3. The SMILES string of the molecule is CCCCCCCC/C=C\CCCCCCCCC(CCCCCCCC/C=C\CCCCCCCC)(C(=O)O)C(CCCCCCCC/C=C\CCCCCCCC)(C(=O)O)C(C(=O)O)C(COC(=O)CCCCCCCCCCCCCCCCC)OC(=O)CCCCCCCCCCCCCCCCC. The van der Waals surface area contributed by atoms with Gasteiger partial charge in [0.05, 0.1) is 5.41 Å². The van der Waals surface area contributed by atoms with Gasteiger partial charge in [-0.3, -0.25) is 24.0 Å². The van der Waals surface area contributed by atoms with Crippen LogP contribution in [0.5, 0.6) is 0 Å². The molecule has 0 aromatic rings. The Bertz CT molecular complexity index is 2020. The molecule has 0 bridgehead atoms. The number of aliphatic carboxylic acids is 3. The van der Waals surface area contributed by atoms with Crippen molar-refractivity contribution in [1.29, 1.82) is 0 Å². The fraction of sp³-hybridized carbons (Fsp3) is 0.888. The van der Waals surface area contributed by atoms with E-state index in [-0.39, 0.29) is 32.1 Å². The predicted molar refractivity (Wildman–Crippen MR) is 463 cm³/mol. The highest BCUT2D eigenvalue weighted by atomic mass is 16.6. The molecule has 0 amide bonds. The Morgan fingerprint density at radius 3 is 0.704 bits per heavy atom. The van der Waals surface area contributed by atoms with E-state index in [1.54, 1.807) is 0 Å². The van der Waals surface area contributed by atoms with Gasteiger partial charge >= 0.3 is 29.8 Å². The molecule has 0 radical (unpaired) electrons. The van der Waals surface area contributed by atoms with Gasteiger partial charge < -0.3 is 24.8 Å². The lowest BCUT2D eigenvalue weighted by Gasteiger charge is -2.50. The molecule has 0 aliphatic carbocycles. The highest BCUT2D eigenvalue weighted by molar-refractivity contribution is 5.92. The van der Waals surface area contributed by atoms with E-state index in [1.807, 2.05) is 0 Å². The third-order valence-electron chi connectivity index (χ3n) is 23.8. The number of allylic oxidation sites excluding steroid dienone is 6. The maximum Gasteiger partial charge on any atom is 0.311 e. The van der Waals surface area contributed by atoms with Crippen LogP contribution in [0.4, 0.5) is 0 Å². The number of unbranched alkanes of at least 4 members (excludes halogenated alkanes) is 64. The largest absolute Gasteiger partial charge is 0.481 e. The van der Waals surface area contributed by atoms with E-state index in [2.05, 4.69) is 71.1 Å². The highest BCUT2D eigenvalue weighted by Crippen LogP contribution is 2.57. The Morgan fingerprint density at radius 2 is 0.472 bits per heavy atom. The summed E-state index contributed by atoms with van der Waals surface area (Å²) >= 11 is 0. The van der Waals surface area contributed by atoms with Gasteiger partial charge in [-0.1, -0.05) is 443 Å². The quantitative estimate of drug-likeness (QED) is 0.0303. The monoisotopic (exact) mass is 1520 g/mol. The van der Waals surface area contributed by atoms with Crippen LogP contribution in [0.25, 0.3) is 0 Å². The summed E-state index contributed by atoms with van der Waals surface area (Å²) in [7, 11) is 0. The molecule has 0 spiro atoms. The number of hydrogen-bond acceptors (Lipinski definition) is 7. The van der Waals surface area contributed by atoms with Gasteiger partial charge in [0.15, 0.2) is 6.10 Å². The summed E-state index contributed by atoms with van der Waals surface area (Å²) in [5.74, 6) is -7.54. The van der Waals surface area contributed by atoms with Crippen LogP contribution in [-0.2, 0) is 33.4 Å². The van der Waals surface area contributed by atoms with Gasteiger partial charge in [0, 0.05) is 12.8 Å². The van der Waals surface area contributed by atoms with Crippen molar-refractivity contribution in [3.8, 4) is 0 Å². The van der Waals surface area contributed by atoms with Crippen LogP contribution >= 0.6 is 0 Å². The highest BCUT2D eigenvalue weighted by Gasteiger charge is 2.68. The van der Waals surface area contributed by atoms with E-state index in [0.717, 1.165) is 161 Å². The molecule has 0 aromatic carbocycles. The van der Waals surface area contributed by atoms with E-state index in [0.29, 0.717) is 51.4 Å². The maximum atomic E-state index is 15.2. The van der Waals surface area contributed by atoms with Gasteiger partial charge in [0.25, 0.3) is 0 Å². The normalized spacial score (nSPS) is 13.2. The Hall–Kier alpha value is -3.43. The molecule has 0 fully saturated rings. The topological polar surface area (TPSA) is 164 Å². The molecule has 0 aliphatic rings. The minimum Gasteiger partial charge on any atom is -0.481 e. The number of ether oxygens (including phenoxy) is 2. The lowest BCUT2D eigenvalue weighted by molar-refractivity contribution is -0.204. The van der Waals surface area contributed by atoms with E-state index in [9.17, 15) is 34.5 Å². The first kappa shape index (κ1) is 105. The first-order valence-corrected chi connectivity index (χ1v) is 47.9. The number of esters is 2. The van der Waals surface area contributed by atoms with E-state index >= 15 is 4.79 Å². The van der Waals surface area contributed by atoms with Crippen molar-refractivity contribution >= 4 is 29.8 Å². The Balaban J connectivity index is 7.13. The second-order valence-electron chi connectivity index (χ2n) is 33.7. The fourth-order valence-electron chi connectivity index (χ4n) is 16.8. The zero-order valence-corrected chi connectivity index (χ0v) is 72.5. The second kappa shape index (κ2) is 81.6. The molecule has 0 saturated carbocycles. The van der Waals surface area contributed by atoms with Crippen LogP contribution in [0.1, 0.15) is 529 Å². The molecule has 0 aromatic heterocycles. The molecule has 108 heavy (non-hydrogen) atoms. The van der Waals surface area contributed by atoms with Crippen LogP contribution in [0, 0.1) is 16.7 Å². The first-order valence-electron chi connectivity index (χ1n) is 47.9. The van der Waals surface area contributed by atoms with Crippen molar-refractivity contribution in [1.82, 2.24) is 0 Å². The molecule has 3 unspecified atom stereocenters. The van der Waals surface area contributed by atoms with Gasteiger partial charge in [-0.2, -0.15) is 0 Å². The number of carbonyl (C=O) groups is 5. The molecule has 0 rings (SSSR count). The number of carboxylic acids is 3. The molecule has 634 valence electrons. The van der Waals surface area contributed by atoms with Crippen LogP contribution in [-0.4, -0.2) is 57.9 Å². The number of hydrogen-bond donors (Lipinski definition) is 3. The fourth-order valence-corrected chi connectivity index (χ4v) is 16.8. The average molecular weight is 1520 g/mol. The van der Waals surface area contributed by atoms with Gasteiger partial charge in [0.2, 0.25) is 0 Å². The molecule has 0 heterocycles. The van der Waals surface area contributed by atoms with Gasteiger partial charge in [-0.25, -0.2) is 0 Å². The number of rotatable bonds is 89. The van der Waals surface area contributed by atoms with Gasteiger partial charge in [-0.15, -0.1) is 0 Å². The third kappa shape index (κ3) is 61.1. The summed E-state index contributed by atoms with van der Waals surface area (Å²) in [6, 6.07) is 0. The average Bonchev–Trinajstić information content (AvgIpc) is 0.723. The predicted octanol–water partition coefficient (Wildman–Crippen LogP) is 32.1. The molecular weight excluding hydrogens is 1340 g/mol. The Morgan fingerprint density at radius 1 is 0.259 bits per heavy atom. The molecule has 10 nitrogen and oxygen atoms in total. The van der Waals surface area contributed by atoms with E-state index < -0.39 is 59.3 Å². The van der Waals surface area contributed by atoms with Crippen molar-refractivity contribution in [3.63, 3.8) is 0 Å². The molecule has 3 atom stereocenters. The van der Waals surface area contributed by atoms with Crippen LogP contribution in [0.15, 0.2) is 36.5 Å². The van der Waals surface area contributed by atoms with Crippen LogP contribution in [0.3, 0.4) is 0 Å². The molecular formula is C98H182O10. The summed E-state index contributed by atoms with van der Waals surface area (Å²) in [5, 5.41) is 36.5. The van der Waals surface area contributed by atoms with Crippen molar-refractivity contribution < 1.29 is 48.8 Å². The lowest BCUT2D eigenvalue weighted by atomic mass is 9.50. The minimum atomic E-state index is -2.42. The molecule has 10 heteroatoms. The van der Waals surface area contributed by atoms with Gasteiger partial charge in [0.1, 0.15) is 17.9 Å².